The van der Waals surface area contributed by atoms with Crippen LogP contribution in [0.2, 0.25) is 0 Å². The van der Waals surface area contributed by atoms with Crippen molar-refractivity contribution in [2.75, 3.05) is 5.73 Å². The summed E-state index contributed by atoms with van der Waals surface area (Å²) in [6.07, 6.45) is 2.25. The normalized spacial score (nSPS) is 17.4. The number of anilines is 1. The summed E-state index contributed by atoms with van der Waals surface area (Å²) in [6.45, 7) is 2.84. The van der Waals surface area contributed by atoms with Gasteiger partial charge in [-0.25, -0.2) is 0 Å². The van der Waals surface area contributed by atoms with Gasteiger partial charge in [-0.05, 0) is 55.2 Å². The van der Waals surface area contributed by atoms with Gasteiger partial charge >= 0.3 is 0 Å². The molecule has 0 amide bonds. The van der Waals surface area contributed by atoms with E-state index in [2.05, 4.69) is 34.6 Å². The lowest BCUT2D eigenvalue weighted by molar-refractivity contribution is 0.525. The summed E-state index contributed by atoms with van der Waals surface area (Å²) in [7, 11) is 0. The minimum Gasteiger partial charge on any atom is -0.399 e. The predicted octanol–water partition coefficient (Wildman–Crippen LogP) is 2.75. The highest BCUT2D eigenvalue weighted by Crippen LogP contribution is 2.32. The molecule has 0 fully saturated rings. The van der Waals surface area contributed by atoms with Crippen LogP contribution in [0, 0.1) is 6.92 Å². The maximum Gasteiger partial charge on any atom is 0.0545 e. The Labute approximate surface area is 113 Å². The van der Waals surface area contributed by atoms with Gasteiger partial charge in [0.25, 0.3) is 0 Å². The second-order valence-electron chi connectivity index (χ2n) is 5.20. The Morgan fingerprint density at radius 1 is 1.32 bits per heavy atom. The zero-order chi connectivity index (χ0) is 13.2. The van der Waals surface area contributed by atoms with Crippen molar-refractivity contribution >= 4 is 5.69 Å². The van der Waals surface area contributed by atoms with E-state index in [4.69, 9.17) is 5.73 Å². The van der Waals surface area contributed by atoms with Gasteiger partial charge in [-0.2, -0.15) is 0 Å². The molecule has 1 unspecified atom stereocenters. The molecule has 0 saturated carbocycles. The Balaban J connectivity index is 1.70. The molecule has 3 N–H and O–H groups in total. The molecule has 1 heterocycles. The number of nitrogens with one attached hydrogen (secondary N) is 1. The van der Waals surface area contributed by atoms with E-state index in [1.165, 1.54) is 11.1 Å². The third kappa shape index (κ3) is 2.61. The van der Waals surface area contributed by atoms with E-state index in [1.807, 2.05) is 19.1 Å². The molecular formula is C16H19N3. The minimum atomic E-state index is 0.429. The molecule has 19 heavy (non-hydrogen) atoms. The number of aryl methyl sites for hydroxylation is 2. The summed E-state index contributed by atoms with van der Waals surface area (Å²) in [5, 5.41) is 3.60. The van der Waals surface area contributed by atoms with E-state index < -0.39 is 0 Å². The SMILES string of the molecule is Cc1cccc(CNC2CCc3cc(N)ccc32)n1. The molecule has 3 heteroatoms. The molecule has 1 aromatic carbocycles. The van der Waals surface area contributed by atoms with Crippen molar-refractivity contribution in [3.63, 3.8) is 0 Å². The first-order valence-electron chi connectivity index (χ1n) is 6.76. The molecule has 2 aromatic rings. The predicted molar refractivity (Wildman–Crippen MR) is 77.7 cm³/mol. The molecule has 0 bridgehead atoms. The molecular weight excluding hydrogens is 234 g/mol. The van der Waals surface area contributed by atoms with Crippen molar-refractivity contribution in [3.8, 4) is 0 Å². The van der Waals surface area contributed by atoms with E-state index in [0.717, 1.165) is 36.5 Å². The zero-order valence-corrected chi connectivity index (χ0v) is 11.2. The molecule has 0 saturated heterocycles. The third-order valence-corrected chi connectivity index (χ3v) is 3.72. The van der Waals surface area contributed by atoms with E-state index >= 15 is 0 Å². The highest BCUT2D eigenvalue weighted by molar-refractivity contribution is 5.47. The van der Waals surface area contributed by atoms with Crippen LogP contribution in [0.4, 0.5) is 5.69 Å². The summed E-state index contributed by atoms with van der Waals surface area (Å²) in [5.74, 6) is 0. The lowest BCUT2D eigenvalue weighted by Crippen LogP contribution is -2.19. The number of aromatic nitrogens is 1. The smallest absolute Gasteiger partial charge is 0.0545 e. The average molecular weight is 253 g/mol. The number of fused-ring (bicyclic) bond motifs is 1. The molecule has 3 nitrogen and oxygen atoms in total. The molecule has 0 radical (unpaired) electrons. The first-order valence-corrected chi connectivity index (χ1v) is 6.76. The molecule has 0 spiro atoms. The van der Waals surface area contributed by atoms with Gasteiger partial charge < -0.3 is 11.1 Å². The molecule has 0 aliphatic heterocycles. The van der Waals surface area contributed by atoms with Crippen molar-refractivity contribution < 1.29 is 0 Å². The van der Waals surface area contributed by atoms with Crippen molar-refractivity contribution in [2.45, 2.75) is 32.4 Å². The van der Waals surface area contributed by atoms with E-state index in [9.17, 15) is 0 Å². The molecule has 1 atom stereocenters. The third-order valence-electron chi connectivity index (χ3n) is 3.72. The largest absolute Gasteiger partial charge is 0.399 e. The number of hydrogen-bond donors (Lipinski definition) is 2. The van der Waals surface area contributed by atoms with Crippen LogP contribution in [-0.4, -0.2) is 4.98 Å². The summed E-state index contributed by atoms with van der Waals surface area (Å²) >= 11 is 0. The quantitative estimate of drug-likeness (QED) is 0.827. The maximum atomic E-state index is 5.83. The average Bonchev–Trinajstić information content (AvgIpc) is 2.78. The lowest BCUT2D eigenvalue weighted by Gasteiger charge is -2.14. The van der Waals surface area contributed by atoms with Crippen LogP contribution in [0.25, 0.3) is 0 Å². The van der Waals surface area contributed by atoms with Gasteiger partial charge in [0.15, 0.2) is 0 Å². The van der Waals surface area contributed by atoms with Crippen molar-refractivity contribution in [2.24, 2.45) is 0 Å². The van der Waals surface area contributed by atoms with Gasteiger partial charge in [-0.1, -0.05) is 12.1 Å². The second-order valence-corrected chi connectivity index (χ2v) is 5.20. The molecule has 1 aromatic heterocycles. The minimum absolute atomic E-state index is 0.429. The fraction of sp³-hybridized carbons (Fsp3) is 0.312. The van der Waals surface area contributed by atoms with Gasteiger partial charge in [0, 0.05) is 24.0 Å². The molecule has 1 aliphatic carbocycles. The monoisotopic (exact) mass is 253 g/mol. The maximum absolute atomic E-state index is 5.83. The van der Waals surface area contributed by atoms with Crippen LogP contribution >= 0.6 is 0 Å². The van der Waals surface area contributed by atoms with Gasteiger partial charge in [0.1, 0.15) is 0 Å². The van der Waals surface area contributed by atoms with Crippen molar-refractivity contribution in [1.82, 2.24) is 10.3 Å². The molecule has 98 valence electrons. The number of rotatable bonds is 3. The summed E-state index contributed by atoms with van der Waals surface area (Å²) in [4.78, 5) is 4.52. The van der Waals surface area contributed by atoms with Crippen LogP contribution in [0.5, 0.6) is 0 Å². The van der Waals surface area contributed by atoms with E-state index in [1.54, 1.807) is 0 Å². The standard InChI is InChI=1S/C16H19N3/c1-11-3-2-4-14(19-11)10-18-16-8-5-12-9-13(17)6-7-15(12)16/h2-4,6-7,9,16,18H,5,8,10,17H2,1H3. The summed E-state index contributed by atoms with van der Waals surface area (Å²) in [6, 6.07) is 12.8. The van der Waals surface area contributed by atoms with Crippen molar-refractivity contribution in [1.29, 1.82) is 0 Å². The van der Waals surface area contributed by atoms with Crippen LogP contribution in [0.15, 0.2) is 36.4 Å². The number of nitrogens with zero attached hydrogens (tertiary/aromatic N) is 1. The highest BCUT2D eigenvalue weighted by atomic mass is 14.9. The summed E-state index contributed by atoms with van der Waals surface area (Å²) < 4.78 is 0. The van der Waals surface area contributed by atoms with Crippen LogP contribution in [-0.2, 0) is 13.0 Å². The number of hydrogen-bond acceptors (Lipinski definition) is 3. The Morgan fingerprint density at radius 3 is 3.05 bits per heavy atom. The van der Waals surface area contributed by atoms with Gasteiger partial charge in [-0.3, -0.25) is 4.98 Å². The number of nitrogens with two attached hydrogens (primary N) is 1. The van der Waals surface area contributed by atoms with Gasteiger partial charge in [0.05, 0.1) is 5.69 Å². The first kappa shape index (κ1) is 12.2. The molecule has 1 aliphatic rings. The van der Waals surface area contributed by atoms with Crippen LogP contribution in [0.1, 0.15) is 35.0 Å². The molecule has 3 rings (SSSR count). The first-order chi connectivity index (χ1) is 9.22. The fourth-order valence-corrected chi connectivity index (χ4v) is 2.78. The number of pyridine rings is 1. The Kier molecular flexibility index (Phi) is 3.22. The fourth-order valence-electron chi connectivity index (χ4n) is 2.78. The Morgan fingerprint density at radius 2 is 2.21 bits per heavy atom. The number of nitrogen functional groups attached to an aromatic ring is 1. The lowest BCUT2D eigenvalue weighted by atomic mass is 10.1. The van der Waals surface area contributed by atoms with Gasteiger partial charge in [0.2, 0.25) is 0 Å². The van der Waals surface area contributed by atoms with Gasteiger partial charge in [-0.15, -0.1) is 0 Å². The van der Waals surface area contributed by atoms with Crippen LogP contribution in [0.3, 0.4) is 0 Å². The Hall–Kier alpha value is -1.87. The number of benzene rings is 1. The van der Waals surface area contributed by atoms with E-state index in [-0.39, 0.29) is 0 Å². The highest BCUT2D eigenvalue weighted by Gasteiger charge is 2.21. The van der Waals surface area contributed by atoms with E-state index in [0.29, 0.717) is 6.04 Å². The topological polar surface area (TPSA) is 50.9 Å². The van der Waals surface area contributed by atoms with Crippen LogP contribution < -0.4 is 11.1 Å². The Bertz CT molecular complexity index is 592. The van der Waals surface area contributed by atoms with Crippen molar-refractivity contribution in [3.05, 3.63) is 58.9 Å². The zero-order valence-electron chi connectivity index (χ0n) is 11.2. The summed E-state index contributed by atoms with van der Waals surface area (Å²) in [5.41, 5.74) is 11.6. The second kappa shape index (κ2) is 5.02.